The highest BCUT2D eigenvalue weighted by atomic mass is 35.5. The number of esters is 1. The third kappa shape index (κ3) is 3.20. The molecule has 0 amide bonds. The Morgan fingerprint density at radius 3 is 2.36 bits per heavy atom. The fraction of sp³-hybridized carbons (Fsp3) is 0.125. The molecule has 3 N–H and O–H groups in total. The Bertz CT molecular complexity index is 726. The average molecular weight is 320 g/mol. The van der Waals surface area contributed by atoms with Gasteiger partial charge in [0.25, 0.3) is 0 Å². The van der Waals surface area contributed by atoms with Gasteiger partial charge in [0.2, 0.25) is 0 Å². The molecular weight excluding hydrogens is 306 g/mol. The van der Waals surface area contributed by atoms with Crippen molar-refractivity contribution < 1.29 is 19.4 Å². The van der Waals surface area contributed by atoms with Gasteiger partial charge >= 0.3 is 5.97 Å². The van der Waals surface area contributed by atoms with Crippen LogP contribution in [-0.4, -0.2) is 23.5 Å². The Kier molecular flexibility index (Phi) is 4.68. The second kappa shape index (κ2) is 6.49. The average Bonchev–Trinajstić information content (AvgIpc) is 2.50. The van der Waals surface area contributed by atoms with Crippen LogP contribution < -0.4 is 5.73 Å². The zero-order chi connectivity index (χ0) is 16.3. The highest BCUT2D eigenvalue weighted by molar-refractivity contribution is 6.31. The van der Waals surface area contributed by atoms with E-state index in [1.165, 1.54) is 36.4 Å². The highest BCUT2D eigenvalue weighted by Crippen LogP contribution is 2.30. The molecule has 0 saturated heterocycles. The molecule has 0 bridgehead atoms. The molecule has 0 unspecified atom stereocenters. The molecule has 0 aliphatic rings. The molecule has 0 saturated carbocycles. The number of hydrogen-bond donors (Lipinski definition) is 2. The van der Waals surface area contributed by atoms with Crippen molar-refractivity contribution in [3.8, 4) is 5.75 Å². The molecule has 0 aromatic heterocycles. The number of nitrogen functional groups attached to an aromatic ring is 1. The van der Waals surface area contributed by atoms with Gasteiger partial charge in [0.1, 0.15) is 5.75 Å². The number of anilines is 1. The number of phenolic OH excluding ortho intramolecular Hbond substituents is 1. The van der Waals surface area contributed by atoms with Crippen LogP contribution in [0.15, 0.2) is 36.4 Å². The summed E-state index contributed by atoms with van der Waals surface area (Å²) in [5, 5.41) is 10.1. The van der Waals surface area contributed by atoms with Crippen LogP contribution in [0.1, 0.15) is 33.2 Å². The van der Waals surface area contributed by atoms with Crippen molar-refractivity contribution in [2.45, 2.75) is 6.92 Å². The van der Waals surface area contributed by atoms with Gasteiger partial charge in [-0.05, 0) is 31.2 Å². The minimum absolute atomic E-state index is 0.00823. The largest absolute Gasteiger partial charge is 0.505 e. The number of ether oxygens (including phenoxy) is 1. The Morgan fingerprint density at radius 1 is 1.18 bits per heavy atom. The third-order valence-corrected chi connectivity index (χ3v) is 3.23. The second-order valence-corrected chi connectivity index (χ2v) is 4.95. The molecule has 0 heterocycles. The first kappa shape index (κ1) is 15.9. The highest BCUT2D eigenvalue weighted by Gasteiger charge is 2.17. The number of ketones is 1. The quantitative estimate of drug-likeness (QED) is 0.391. The van der Waals surface area contributed by atoms with Gasteiger partial charge in [0, 0.05) is 10.6 Å². The number of rotatable bonds is 4. The first-order chi connectivity index (χ1) is 10.4. The predicted octanol–water partition coefficient (Wildman–Crippen LogP) is 3.04. The molecule has 114 valence electrons. The van der Waals surface area contributed by atoms with E-state index >= 15 is 0 Å². The smallest absolute Gasteiger partial charge is 0.338 e. The third-order valence-electron chi connectivity index (χ3n) is 3.01. The number of benzene rings is 2. The lowest BCUT2D eigenvalue weighted by Crippen LogP contribution is -2.07. The molecular formula is C16H14ClNO4. The molecule has 0 spiro atoms. The van der Waals surface area contributed by atoms with Gasteiger partial charge in [0.05, 0.1) is 23.4 Å². The summed E-state index contributed by atoms with van der Waals surface area (Å²) >= 11 is 5.85. The maximum absolute atomic E-state index is 12.4. The van der Waals surface area contributed by atoms with E-state index in [1.807, 2.05) is 0 Å². The summed E-state index contributed by atoms with van der Waals surface area (Å²) in [5.74, 6) is -1.22. The van der Waals surface area contributed by atoms with E-state index in [2.05, 4.69) is 0 Å². The number of carbonyl (C=O) groups is 2. The van der Waals surface area contributed by atoms with E-state index in [4.69, 9.17) is 22.1 Å². The van der Waals surface area contributed by atoms with E-state index in [1.54, 1.807) is 6.92 Å². The van der Waals surface area contributed by atoms with Crippen molar-refractivity contribution in [3.05, 3.63) is 58.1 Å². The molecule has 0 aliphatic heterocycles. The monoisotopic (exact) mass is 319 g/mol. The lowest BCUT2D eigenvalue weighted by Gasteiger charge is -2.08. The maximum atomic E-state index is 12.4. The first-order valence-corrected chi connectivity index (χ1v) is 6.91. The number of halogens is 1. The topological polar surface area (TPSA) is 89.6 Å². The van der Waals surface area contributed by atoms with Gasteiger partial charge in [-0.1, -0.05) is 23.7 Å². The SMILES string of the molecule is CCOC(=O)c1ccc(C(=O)c2cc(Cl)cc(N)c2O)cc1. The van der Waals surface area contributed by atoms with Gasteiger partial charge in [-0.15, -0.1) is 0 Å². The zero-order valence-electron chi connectivity index (χ0n) is 11.8. The van der Waals surface area contributed by atoms with Crippen LogP contribution in [-0.2, 0) is 4.74 Å². The number of nitrogens with two attached hydrogens (primary N) is 1. The predicted molar refractivity (Wildman–Crippen MR) is 83.4 cm³/mol. The van der Waals surface area contributed by atoms with E-state index in [9.17, 15) is 14.7 Å². The van der Waals surface area contributed by atoms with Crippen LogP contribution in [0, 0.1) is 0 Å². The Balaban J connectivity index is 2.33. The molecule has 0 atom stereocenters. The van der Waals surface area contributed by atoms with Crippen LogP contribution >= 0.6 is 11.6 Å². The number of aromatic hydroxyl groups is 1. The standard InChI is InChI=1S/C16H14ClNO4/c1-2-22-16(21)10-5-3-9(4-6-10)14(19)12-7-11(17)8-13(18)15(12)20/h3-8,20H,2,18H2,1H3. The molecule has 0 fully saturated rings. The Hall–Kier alpha value is -2.53. The molecule has 2 rings (SSSR count). The summed E-state index contributed by atoms with van der Waals surface area (Å²) in [5.41, 5.74) is 6.26. The van der Waals surface area contributed by atoms with Crippen molar-refractivity contribution in [2.75, 3.05) is 12.3 Å². The normalized spacial score (nSPS) is 10.3. The van der Waals surface area contributed by atoms with Crippen molar-refractivity contribution >= 4 is 29.0 Å². The molecule has 2 aromatic carbocycles. The van der Waals surface area contributed by atoms with Crippen molar-refractivity contribution in [1.29, 1.82) is 0 Å². The lowest BCUT2D eigenvalue weighted by molar-refractivity contribution is 0.0526. The fourth-order valence-corrected chi connectivity index (χ4v) is 2.15. The Morgan fingerprint density at radius 2 is 1.77 bits per heavy atom. The van der Waals surface area contributed by atoms with Crippen molar-refractivity contribution in [2.24, 2.45) is 0 Å². The van der Waals surface area contributed by atoms with Gasteiger partial charge < -0.3 is 15.6 Å². The number of phenols is 1. The summed E-state index contributed by atoms with van der Waals surface area (Å²) < 4.78 is 4.87. The maximum Gasteiger partial charge on any atom is 0.338 e. The van der Waals surface area contributed by atoms with Crippen LogP contribution in [0.25, 0.3) is 0 Å². The summed E-state index contributed by atoms with van der Waals surface area (Å²) in [4.78, 5) is 23.9. The summed E-state index contributed by atoms with van der Waals surface area (Å²) in [6, 6.07) is 8.62. The lowest BCUT2D eigenvalue weighted by atomic mass is 10.0. The van der Waals surface area contributed by atoms with Crippen molar-refractivity contribution in [3.63, 3.8) is 0 Å². The molecule has 5 nitrogen and oxygen atoms in total. The second-order valence-electron chi connectivity index (χ2n) is 4.52. The molecule has 22 heavy (non-hydrogen) atoms. The van der Waals surface area contributed by atoms with Crippen LogP contribution in [0.4, 0.5) is 5.69 Å². The van der Waals surface area contributed by atoms with E-state index in [0.29, 0.717) is 11.1 Å². The van der Waals surface area contributed by atoms with Gasteiger partial charge in [-0.3, -0.25) is 4.79 Å². The van der Waals surface area contributed by atoms with Gasteiger partial charge in [-0.25, -0.2) is 4.79 Å². The molecule has 0 aliphatic carbocycles. The molecule has 0 radical (unpaired) electrons. The van der Waals surface area contributed by atoms with Gasteiger partial charge in [0.15, 0.2) is 5.78 Å². The minimum atomic E-state index is -0.462. The van der Waals surface area contributed by atoms with Crippen molar-refractivity contribution in [1.82, 2.24) is 0 Å². The van der Waals surface area contributed by atoms with Crippen LogP contribution in [0.3, 0.4) is 0 Å². The van der Waals surface area contributed by atoms with Gasteiger partial charge in [-0.2, -0.15) is 0 Å². The Labute approximate surface area is 132 Å². The summed E-state index contributed by atoms with van der Waals surface area (Å²) in [7, 11) is 0. The first-order valence-electron chi connectivity index (χ1n) is 6.54. The van der Waals surface area contributed by atoms with Crippen LogP contribution in [0.5, 0.6) is 5.75 Å². The van der Waals surface area contributed by atoms with E-state index < -0.39 is 11.8 Å². The molecule has 6 heteroatoms. The minimum Gasteiger partial charge on any atom is -0.505 e. The fourth-order valence-electron chi connectivity index (χ4n) is 1.92. The van der Waals surface area contributed by atoms with E-state index in [0.717, 1.165) is 0 Å². The molecule has 2 aromatic rings. The number of hydrogen-bond acceptors (Lipinski definition) is 5. The zero-order valence-corrected chi connectivity index (χ0v) is 12.6. The summed E-state index contributed by atoms with van der Waals surface area (Å²) in [6.07, 6.45) is 0. The summed E-state index contributed by atoms with van der Waals surface area (Å²) in [6.45, 7) is 1.98. The van der Waals surface area contributed by atoms with E-state index in [-0.39, 0.29) is 28.6 Å². The van der Waals surface area contributed by atoms with Crippen LogP contribution in [0.2, 0.25) is 5.02 Å². The number of carbonyl (C=O) groups excluding carboxylic acids is 2.